The highest BCUT2D eigenvalue weighted by Crippen LogP contribution is 2.41. The number of primary amides is 1. The Morgan fingerprint density at radius 2 is 2.41 bits per heavy atom. The van der Waals surface area contributed by atoms with Gasteiger partial charge in [-0.15, -0.1) is 0 Å². The van der Waals surface area contributed by atoms with Crippen molar-refractivity contribution >= 4 is 5.91 Å². The monoisotopic (exact) mass is 235 g/mol. The van der Waals surface area contributed by atoms with Gasteiger partial charge in [0.25, 0.3) is 0 Å². The Bertz CT molecular complexity index is 382. The van der Waals surface area contributed by atoms with Gasteiger partial charge in [0.1, 0.15) is 6.54 Å². The summed E-state index contributed by atoms with van der Waals surface area (Å²) in [4.78, 5) is 10.9. The first-order valence-electron chi connectivity index (χ1n) is 6.38. The lowest BCUT2D eigenvalue weighted by Gasteiger charge is -2.16. The summed E-state index contributed by atoms with van der Waals surface area (Å²) in [6.45, 7) is 3.49. The summed E-state index contributed by atoms with van der Waals surface area (Å²) in [5.74, 6) is 0.475. The SMILES string of the molecule is CCCNC(c1ccn(CC(N)=O)c1)C1CC1. The normalized spacial score (nSPS) is 17.0. The first-order chi connectivity index (χ1) is 8.20. The maximum absolute atomic E-state index is 10.9. The van der Waals surface area contributed by atoms with Crippen molar-refractivity contribution in [2.24, 2.45) is 11.7 Å². The fourth-order valence-electron chi connectivity index (χ4n) is 2.21. The first-order valence-corrected chi connectivity index (χ1v) is 6.38. The number of amides is 1. The van der Waals surface area contributed by atoms with E-state index in [1.54, 1.807) is 0 Å². The van der Waals surface area contributed by atoms with Crippen LogP contribution in [0.3, 0.4) is 0 Å². The minimum absolute atomic E-state index is 0.269. The molecule has 0 saturated heterocycles. The molecule has 0 aromatic carbocycles. The number of nitrogens with zero attached hydrogens (tertiary/aromatic N) is 1. The van der Waals surface area contributed by atoms with E-state index in [0.29, 0.717) is 6.04 Å². The van der Waals surface area contributed by atoms with Crippen LogP contribution in [0.4, 0.5) is 0 Å². The highest BCUT2D eigenvalue weighted by atomic mass is 16.1. The number of carbonyl (C=O) groups excluding carboxylic acids is 1. The molecule has 4 heteroatoms. The Hall–Kier alpha value is -1.29. The lowest BCUT2D eigenvalue weighted by Crippen LogP contribution is -2.23. The fourth-order valence-corrected chi connectivity index (χ4v) is 2.21. The van der Waals surface area contributed by atoms with Gasteiger partial charge in [0.15, 0.2) is 0 Å². The average molecular weight is 235 g/mol. The average Bonchev–Trinajstić information content (AvgIpc) is 3.00. The van der Waals surface area contributed by atoms with Gasteiger partial charge in [-0.2, -0.15) is 0 Å². The molecule has 3 N–H and O–H groups in total. The molecule has 0 bridgehead atoms. The van der Waals surface area contributed by atoms with Crippen LogP contribution < -0.4 is 11.1 Å². The molecule has 0 radical (unpaired) electrons. The Kier molecular flexibility index (Phi) is 3.84. The number of hydrogen-bond acceptors (Lipinski definition) is 2. The first kappa shape index (κ1) is 12.2. The molecule has 94 valence electrons. The van der Waals surface area contributed by atoms with Crippen LogP contribution in [0.5, 0.6) is 0 Å². The molecule has 1 heterocycles. The van der Waals surface area contributed by atoms with E-state index in [9.17, 15) is 4.79 Å². The molecule has 17 heavy (non-hydrogen) atoms. The molecule has 1 aromatic rings. The summed E-state index contributed by atoms with van der Waals surface area (Å²) in [6, 6.07) is 2.54. The number of carbonyl (C=O) groups is 1. The number of aromatic nitrogens is 1. The molecular weight excluding hydrogens is 214 g/mol. The van der Waals surface area contributed by atoms with Crippen molar-refractivity contribution in [2.45, 2.75) is 38.8 Å². The predicted molar refractivity (Wildman–Crippen MR) is 67.4 cm³/mol. The standard InChI is InChI=1S/C13H21N3O/c1-2-6-15-13(10-3-4-10)11-5-7-16(8-11)9-12(14)17/h5,7-8,10,13,15H,2-4,6,9H2,1H3,(H2,14,17). The molecule has 1 fully saturated rings. The van der Waals surface area contributed by atoms with Crippen LogP contribution in [0.2, 0.25) is 0 Å². The van der Waals surface area contributed by atoms with Crippen molar-refractivity contribution in [3.05, 3.63) is 24.0 Å². The number of rotatable bonds is 7. The van der Waals surface area contributed by atoms with Gasteiger partial charge in [-0.05, 0) is 43.4 Å². The largest absolute Gasteiger partial charge is 0.368 e. The second-order valence-electron chi connectivity index (χ2n) is 4.85. The molecule has 1 saturated carbocycles. The van der Waals surface area contributed by atoms with Crippen molar-refractivity contribution in [2.75, 3.05) is 6.54 Å². The maximum Gasteiger partial charge on any atom is 0.237 e. The quantitative estimate of drug-likeness (QED) is 0.751. The Morgan fingerprint density at radius 3 is 3.00 bits per heavy atom. The van der Waals surface area contributed by atoms with E-state index in [2.05, 4.69) is 18.3 Å². The minimum atomic E-state index is -0.295. The van der Waals surface area contributed by atoms with E-state index in [1.165, 1.54) is 18.4 Å². The zero-order chi connectivity index (χ0) is 12.3. The van der Waals surface area contributed by atoms with Crippen LogP contribution in [-0.2, 0) is 11.3 Å². The third-order valence-corrected chi connectivity index (χ3v) is 3.18. The topological polar surface area (TPSA) is 60.1 Å². The lowest BCUT2D eigenvalue weighted by molar-refractivity contribution is -0.118. The van der Waals surface area contributed by atoms with Crippen molar-refractivity contribution in [3.8, 4) is 0 Å². The number of nitrogens with one attached hydrogen (secondary N) is 1. The second-order valence-corrected chi connectivity index (χ2v) is 4.85. The molecular formula is C13H21N3O. The summed E-state index contributed by atoms with van der Waals surface area (Å²) in [7, 11) is 0. The second kappa shape index (κ2) is 5.36. The van der Waals surface area contributed by atoms with Crippen LogP contribution >= 0.6 is 0 Å². The summed E-state index contributed by atoms with van der Waals surface area (Å²) < 4.78 is 1.86. The fraction of sp³-hybridized carbons (Fsp3) is 0.615. The zero-order valence-corrected chi connectivity index (χ0v) is 10.4. The molecule has 0 spiro atoms. The van der Waals surface area contributed by atoms with Crippen LogP contribution in [-0.4, -0.2) is 17.0 Å². The molecule has 4 nitrogen and oxygen atoms in total. The van der Waals surface area contributed by atoms with Gasteiger partial charge >= 0.3 is 0 Å². The highest BCUT2D eigenvalue weighted by molar-refractivity contribution is 5.73. The van der Waals surface area contributed by atoms with E-state index in [-0.39, 0.29) is 12.5 Å². The summed E-state index contributed by atoms with van der Waals surface area (Å²) in [5, 5.41) is 3.58. The molecule has 0 aliphatic heterocycles. The van der Waals surface area contributed by atoms with Gasteiger partial charge in [0.2, 0.25) is 5.91 Å². The molecule has 2 rings (SSSR count). The van der Waals surface area contributed by atoms with Crippen molar-refractivity contribution in [1.29, 1.82) is 0 Å². The number of nitrogens with two attached hydrogens (primary N) is 1. The van der Waals surface area contributed by atoms with Crippen molar-refractivity contribution in [1.82, 2.24) is 9.88 Å². The van der Waals surface area contributed by atoms with Gasteiger partial charge in [-0.1, -0.05) is 6.92 Å². The van der Waals surface area contributed by atoms with E-state index >= 15 is 0 Å². The van der Waals surface area contributed by atoms with Gasteiger partial charge in [0, 0.05) is 18.4 Å². The summed E-state index contributed by atoms with van der Waals surface area (Å²) in [6.07, 6.45) is 7.73. The Balaban J connectivity index is 2.02. The lowest BCUT2D eigenvalue weighted by atomic mass is 10.1. The van der Waals surface area contributed by atoms with E-state index in [0.717, 1.165) is 18.9 Å². The third-order valence-electron chi connectivity index (χ3n) is 3.18. The van der Waals surface area contributed by atoms with Gasteiger partial charge in [-0.3, -0.25) is 4.79 Å². The minimum Gasteiger partial charge on any atom is -0.368 e. The van der Waals surface area contributed by atoms with Crippen LogP contribution in [0, 0.1) is 5.92 Å². The van der Waals surface area contributed by atoms with Gasteiger partial charge in [-0.25, -0.2) is 0 Å². The zero-order valence-electron chi connectivity index (χ0n) is 10.4. The predicted octanol–water partition coefficient (Wildman–Crippen LogP) is 1.42. The van der Waals surface area contributed by atoms with Gasteiger partial charge in [0.05, 0.1) is 0 Å². The third kappa shape index (κ3) is 3.33. The van der Waals surface area contributed by atoms with Crippen LogP contribution in [0.15, 0.2) is 18.5 Å². The van der Waals surface area contributed by atoms with Crippen molar-refractivity contribution < 1.29 is 4.79 Å². The molecule has 1 aliphatic rings. The molecule has 1 aromatic heterocycles. The van der Waals surface area contributed by atoms with Crippen LogP contribution in [0.1, 0.15) is 37.8 Å². The van der Waals surface area contributed by atoms with Gasteiger partial charge < -0.3 is 15.6 Å². The van der Waals surface area contributed by atoms with E-state index < -0.39 is 0 Å². The summed E-state index contributed by atoms with van der Waals surface area (Å²) >= 11 is 0. The van der Waals surface area contributed by atoms with E-state index in [4.69, 9.17) is 5.73 Å². The van der Waals surface area contributed by atoms with Crippen LogP contribution in [0.25, 0.3) is 0 Å². The smallest absolute Gasteiger partial charge is 0.237 e. The number of hydrogen-bond donors (Lipinski definition) is 2. The Morgan fingerprint density at radius 1 is 1.65 bits per heavy atom. The van der Waals surface area contributed by atoms with Crippen molar-refractivity contribution in [3.63, 3.8) is 0 Å². The maximum atomic E-state index is 10.9. The Labute approximate surface area is 102 Å². The molecule has 1 amide bonds. The highest BCUT2D eigenvalue weighted by Gasteiger charge is 2.32. The molecule has 1 atom stereocenters. The summed E-state index contributed by atoms with van der Waals surface area (Å²) in [5.41, 5.74) is 6.47. The van der Waals surface area contributed by atoms with E-state index in [1.807, 2.05) is 17.0 Å². The molecule has 1 aliphatic carbocycles. The molecule has 1 unspecified atom stereocenters.